The summed E-state index contributed by atoms with van der Waals surface area (Å²) in [7, 11) is 0. The van der Waals surface area contributed by atoms with E-state index in [4.69, 9.17) is 4.52 Å². The lowest BCUT2D eigenvalue weighted by Crippen LogP contribution is -2.36. The maximum atomic E-state index is 5.21. The first-order valence-electron chi connectivity index (χ1n) is 6.05. The molecule has 2 heterocycles. The fourth-order valence-corrected chi connectivity index (χ4v) is 2.13. The molecule has 1 saturated heterocycles. The fourth-order valence-electron chi connectivity index (χ4n) is 2.13. The van der Waals surface area contributed by atoms with Crippen molar-refractivity contribution >= 4 is 6.01 Å². The van der Waals surface area contributed by atoms with Crippen molar-refractivity contribution in [2.45, 2.75) is 26.7 Å². The summed E-state index contributed by atoms with van der Waals surface area (Å²) in [5.74, 6) is 1.45. The first-order valence-corrected chi connectivity index (χ1v) is 6.05. The van der Waals surface area contributed by atoms with Gasteiger partial charge in [-0.2, -0.15) is 4.98 Å². The Morgan fingerprint density at radius 1 is 1.44 bits per heavy atom. The number of hydrogen-bond donors (Lipinski definition) is 1. The second kappa shape index (κ2) is 5.30. The highest BCUT2D eigenvalue weighted by Gasteiger charge is 2.19. The van der Waals surface area contributed by atoms with Crippen LogP contribution in [0.1, 0.15) is 25.6 Å². The smallest absolute Gasteiger partial charge is 0.324 e. The molecule has 0 bridgehead atoms. The highest BCUT2D eigenvalue weighted by Crippen LogP contribution is 2.17. The molecule has 0 aromatic carbocycles. The van der Waals surface area contributed by atoms with Crippen molar-refractivity contribution in [1.29, 1.82) is 0 Å². The number of rotatable bonds is 4. The SMILES string of the molecule is CCN(CC1CCNCC1)c1nc(C)no1. The van der Waals surface area contributed by atoms with Gasteiger partial charge < -0.3 is 14.7 Å². The summed E-state index contributed by atoms with van der Waals surface area (Å²) in [5.41, 5.74) is 0. The number of nitrogens with zero attached hydrogens (tertiary/aromatic N) is 3. The van der Waals surface area contributed by atoms with Gasteiger partial charge in [-0.15, -0.1) is 0 Å². The minimum Gasteiger partial charge on any atom is -0.324 e. The van der Waals surface area contributed by atoms with Crippen LogP contribution in [0.5, 0.6) is 0 Å². The van der Waals surface area contributed by atoms with Crippen molar-refractivity contribution < 1.29 is 4.52 Å². The second-order valence-corrected chi connectivity index (χ2v) is 4.36. The average molecular weight is 224 g/mol. The Morgan fingerprint density at radius 3 is 2.75 bits per heavy atom. The summed E-state index contributed by atoms with van der Waals surface area (Å²) in [6, 6.07) is 0.665. The van der Waals surface area contributed by atoms with Crippen LogP contribution in [0.4, 0.5) is 6.01 Å². The van der Waals surface area contributed by atoms with E-state index >= 15 is 0 Å². The topological polar surface area (TPSA) is 54.2 Å². The second-order valence-electron chi connectivity index (χ2n) is 4.36. The van der Waals surface area contributed by atoms with Crippen LogP contribution >= 0.6 is 0 Å². The molecule has 0 aliphatic carbocycles. The van der Waals surface area contributed by atoms with Crippen LogP contribution in [0, 0.1) is 12.8 Å². The van der Waals surface area contributed by atoms with Gasteiger partial charge in [0, 0.05) is 13.1 Å². The Hall–Kier alpha value is -1.10. The molecule has 0 saturated carbocycles. The van der Waals surface area contributed by atoms with E-state index in [-0.39, 0.29) is 0 Å². The molecule has 0 unspecified atom stereocenters. The van der Waals surface area contributed by atoms with Crippen LogP contribution in [-0.4, -0.2) is 36.3 Å². The minimum atomic E-state index is 0.665. The van der Waals surface area contributed by atoms with Gasteiger partial charge in [0.15, 0.2) is 5.82 Å². The first kappa shape index (κ1) is 11.4. The van der Waals surface area contributed by atoms with Crippen molar-refractivity contribution in [3.63, 3.8) is 0 Å². The Kier molecular flexibility index (Phi) is 3.77. The van der Waals surface area contributed by atoms with Gasteiger partial charge >= 0.3 is 6.01 Å². The lowest BCUT2D eigenvalue weighted by molar-refractivity contribution is 0.355. The van der Waals surface area contributed by atoms with Gasteiger partial charge in [-0.25, -0.2) is 0 Å². The third-order valence-corrected chi connectivity index (χ3v) is 3.11. The summed E-state index contributed by atoms with van der Waals surface area (Å²) < 4.78 is 5.21. The van der Waals surface area contributed by atoms with E-state index in [1.54, 1.807) is 0 Å². The normalized spacial score (nSPS) is 17.6. The standard InChI is InChI=1S/C11H20N4O/c1-3-15(11-13-9(2)14-16-11)8-10-4-6-12-7-5-10/h10,12H,3-8H2,1-2H3. The largest absolute Gasteiger partial charge is 0.324 e. The van der Waals surface area contributed by atoms with Gasteiger partial charge in [0.1, 0.15) is 0 Å². The number of hydrogen-bond acceptors (Lipinski definition) is 5. The average Bonchev–Trinajstić information content (AvgIpc) is 2.74. The van der Waals surface area contributed by atoms with Gasteiger partial charge in [-0.1, -0.05) is 5.16 Å². The monoisotopic (exact) mass is 224 g/mol. The third-order valence-electron chi connectivity index (χ3n) is 3.11. The number of nitrogens with one attached hydrogen (secondary N) is 1. The summed E-state index contributed by atoms with van der Waals surface area (Å²) in [5, 5.41) is 7.22. The van der Waals surface area contributed by atoms with E-state index < -0.39 is 0 Å². The lowest BCUT2D eigenvalue weighted by atomic mass is 9.98. The predicted octanol–water partition coefficient (Wildman–Crippen LogP) is 1.20. The Morgan fingerprint density at radius 2 is 2.19 bits per heavy atom. The molecule has 0 radical (unpaired) electrons. The van der Waals surface area contributed by atoms with E-state index in [0.717, 1.165) is 32.1 Å². The van der Waals surface area contributed by atoms with Crippen LogP contribution in [-0.2, 0) is 0 Å². The zero-order valence-corrected chi connectivity index (χ0v) is 10.1. The van der Waals surface area contributed by atoms with E-state index in [0.29, 0.717) is 11.8 Å². The van der Waals surface area contributed by atoms with Gasteiger partial charge in [0.2, 0.25) is 0 Å². The molecule has 2 rings (SSSR count). The predicted molar refractivity (Wildman–Crippen MR) is 62.5 cm³/mol. The minimum absolute atomic E-state index is 0.665. The molecule has 1 aromatic heterocycles. The summed E-state index contributed by atoms with van der Waals surface area (Å²) >= 11 is 0. The molecule has 5 nitrogen and oxygen atoms in total. The molecule has 16 heavy (non-hydrogen) atoms. The molecule has 1 aliphatic rings. The van der Waals surface area contributed by atoms with Crippen LogP contribution in [0.25, 0.3) is 0 Å². The Balaban J connectivity index is 1.94. The highest BCUT2D eigenvalue weighted by atomic mass is 16.5. The molecule has 1 aromatic rings. The Labute approximate surface area is 96.2 Å². The van der Waals surface area contributed by atoms with Gasteiger partial charge in [-0.3, -0.25) is 0 Å². The number of aryl methyl sites for hydroxylation is 1. The van der Waals surface area contributed by atoms with Crippen molar-refractivity contribution in [2.75, 3.05) is 31.1 Å². The molecule has 5 heteroatoms. The van der Waals surface area contributed by atoms with E-state index in [1.807, 2.05) is 6.92 Å². The van der Waals surface area contributed by atoms with Crippen molar-refractivity contribution in [2.24, 2.45) is 5.92 Å². The molecule has 1 N–H and O–H groups in total. The number of piperidine rings is 1. The van der Waals surface area contributed by atoms with Gasteiger partial charge in [0.05, 0.1) is 0 Å². The van der Waals surface area contributed by atoms with Crippen LogP contribution in [0.3, 0.4) is 0 Å². The third kappa shape index (κ3) is 2.72. The molecule has 0 atom stereocenters. The maximum Gasteiger partial charge on any atom is 0.324 e. The van der Waals surface area contributed by atoms with Crippen LogP contribution < -0.4 is 10.2 Å². The van der Waals surface area contributed by atoms with E-state index in [2.05, 4.69) is 27.3 Å². The summed E-state index contributed by atoms with van der Waals surface area (Å²) in [4.78, 5) is 6.46. The first-order chi connectivity index (χ1) is 7.79. The summed E-state index contributed by atoms with van der Waals surface area (Å²) in [6.45, 7) is 8.19. The molecule has 0 spiro atoms. The highest BCUT2D eigenvalue weighted by molar-refractivity contribution is 5.24. The number of anilines is 1. The molecular formula is C11H20N4O. The number of aromatic nitrogens is 2. The van der Waals surface area contributed by atoms with Crippen LogP contribution in [0.15, 0.2) is 4.52 Å². The molecule has 90 valence electrons. The van der Waals surface area contributed by atoms with Crippen LogP contribution in [0.2, 0.25) is 0 Å². The summed E-state index contributed by atoms with van der Waals surface area (Å²) in [6.07, 6.45) is 2.48. The quantitative estimate of drug-likeness (QED) is 0.833. The molecule has 0 amide bonds. The van der Waals surface area contributed by atoms with E-state index in [9.17, 15) is 0 Å². The van der Waals surface area contributed by atoms with Crippen molar-refractivity contribution in [3.8, 4) is 0 Å². The molecular weight excluding hydrogens is 204 g/mol. The van der Waals surface area contributed by atoms with Crippen molar-refractivity contribution in [3.05, 3.63) is 5.82 Å². The van der Waals surface area contributed by atoms with E-state index in [1.165, 1.54) is 12.8 Å². The molecule has 1 fully saturated rings. The lowest BCUT2D eigenvalue weighted by Gasteiger charge is -2.27. The molecule has 1 aliphatic heterocycles. The van der Waals surface area contributed by atoms with Gasteiger partial charge in [-0.05, 0) is 45.7 Å². The maximum absolute atomic E-state index is 5.21. The van der Waals surface area contributed by atoms with Gasteiger partial charge in [0.25, 0.3) is 0 Å². The zero-order chi connectivity index (χ0) is 11.4. The fraction of sp³-hybridized carbons (Fsp3) is 0.818. The zero-order valence-electron chi connectivity index (χ0n) is 10.1. The Bertz CT molecular complexity index is 320. The van der Waals surface area contributed by atoms with Crippen molar-refractivity contribution in [1.82, 2.24) is 15.5 Å².